The van der Waals surface area contributed by atoms with Gasteiger partial charge >= 0.3 is 0 Å². The zero-order valence-electron chi connectivity index (χ0n) is 15.2. The Hall–Kier alpha value is -3.15. The number of aromatic nitrogens is 3. The predicted octanol–water partition coefficient (Wildman–Crippen LogP) is 3.52. The molecule has 2 aliphatic heterocycles. The van der Waals surface area contributed by atoms with Crippen LogP contribution < -0.4 is 10.6 Å². The quantitative estimate of drug-likeness (QED) is 0.536. The molecule has 0 spiro atoms. The van der Waals surface area contributed by atoms with E-state index >= 15 is 0 Å². The highest BCUT2D eigenvalue weighted by molar-refractivity contribution is 6.00. The number of hydrogen-bond donors (Lipinski definition) is 3. The summed E-state index contributed by atoms with van der Waals surface area (Å²) < 4.78 is 0. The van der Waals surface area contributed by atoms with Gasteiger partial charge in [-0.25, -0.2) is 9.97 Å². The fraction of sp³-hybridized carbons (Fsp3) is 0.286. The number of para-hydroxylation sites is 1. The summed E-state index contributed by atoms with van der Waals surface area (Å²) in [6, 6.07) is 7.95. The molecule has 1 amide bonds. The first-order valence-corrected chi connectivity index (χ1v) is 9.38. The van der Waals surface area contributed by atoms with Crippen LogP contribution in [0.4, 0.5) is 5.82 Å². The molecule has 6 heteroatoms. The minimum Gasteiger partial charge on any atom is -0.368 e. The summed E-state index contributed by atoms with van der Waals surface area (Å²) in [6.45, 7) is 3.45. The minimum absolute atomic E-state index is 0.0124. The van der Waals surface area contributed by atoms with Crippen molar-refractivity contribution in [1.82, 2.24) is 20.3 Å². The zero-order chi connectivity index (χ0) is 18.4. The van der Waals surface area contributed by atoms with Crippen molar-refractivity contribution in [3.8, 4) is 11.3 Å². The first-order valence-electron chi connectivity index (χ1n) is 9.38. The number of amides is 1. The Kier molecular flexibility index (Phi) is 3.70. The molecule has 1 atom stereocenters. The molecule has 1 aromatic carbocycles. The number of aryl methyl sites for hydroxylation is 1. The lowest BCUT2D eigenvalue weighted by Crippen LogP contribution is -2.34. The van der Waals surface area contributed by atoms with Gasteiger partial charge in [-0.1, -0.05) is 24.3 Å². The summed E-state index contributed by atoms with van der Waals surface area (Å²) in [7, 11) is 0. The third-order valence-electron chi connectivity index (χ3n) is 5.36. The van der Waals surface area contributed by atoms with Gasteiger partial charge in [-0.2, -0.15) is 0 Å². The largest absolute Gasteiger partial charge is 0.368 e. The van der Waals surface area contributed by atoms with Crippen molar-refractivity contribution in [2.45, 2.75) is 25.7 Å². The molecule has 27 heavy (non-hydrogen) atoms. The number of nitrogens with one attached hydrogen (secondary N) is 3. The fourth-order valence-electron chi connectivity index (χ4n) is 3.94. The number of nitrogens with zero attached hydrogens (tertiary/aromatic N) is 2. The number of H-pyrrole nitrogens is 1. The maximum Gasteiger partial charge on any atom is 0.253 e. The Bertz CT molecular complexity index is 1080. The van der Waals surface area contributed by atoms with Crippen molar-refractivity contribution in [3.63, 3.8) is 0 Å². The Morgan fingerprint density at radius 1 is 1.11 bits per heavy atom. The van der Waals surface area contributed by atoms with Crippen LogP contribution in [0.25, 0.3) is 22.3 Å². The molecule has 0 unspecified atom stereocenters. The second-order valence-corrected chi connectivity index (χ2v) is 7.17. The predicted molar refractivity (Wildman–Crippen MR) is 106 cm³/mol. The van der Waals surface area contributed by atoms with Gasteiger partial charge in [0.15, 0.2) is 0 Å². The van der Waals surface area contributed by atoms with Gasteiger partial charge in [0.1, 0.15) is 11.3 Å². The molecule has 2 aromatic heterocycles. The molecule has 3 N–H and O–H groups in total. The van der Waals surface area contributed by atoms with E-state index in [0.29, 0.717) is 6.54 Å². The molecule has 3 aromatic rings. The average Bonchev–Trinajstić information content (AvgIpc) is 3.11. The standard InChI is InChI=1S/C21H21N5O/c1-12-20-22-9-4-2-3-6-13-11-23-21(27)15-10-17(25-18(13)15)14-7-5-8-16(24-12)19(14)26-20/h2-3,5,7-8,10,13,25H,4,6,9,11H2,1H3,(H,22,26)(H,23,27)/b3-2+/t13-/m0/s1. The molecule has 4 heterocycles. The summed E-state index contributed by atoms with van der Waals surface area (Å²) in [5.74, 6) is 1.06. The third kappa shape index (κ3) is 2.68. The molecule has 4 bridgehead atoms. The zero-order valence-corrected chi connectivity index (χ0v) is 15.2. The Labute approximate surface area is 157 Å². The van der Waals surface area contributed by atoms with E-state index < -0.39 is 0 Å². The van der Waals surface area contributed by atoms with E-state index in [1.54, 1.807) is 0 Å². The Morgan fingerprint density at radius 3 is 2.96 bits per heavy atom. The van der Waals surface area contributed by atoms with E-state index in [-0.39, 0.29) is 11.8 Å². The molecule has 0 saturated heterocycles. The van der Waals surface area contributed by atoms with Crippen LogP contribution in [0.3, 0.4) is 0 Å². The van der Waals surface area contributed by atoms with E-state index in [1.807, 2.05) is 31.2 Å². The van der Waals surface area contributed by atoms with Crippen molar-refractivity contribution in [1.29, 1.82) is 0 Å². The van der Waals surface area contributed by atoms with Gasteiger partial charge in [0.2, 0.25) is 0 Å². The summed E-state index contributed by atoms with van der Waals surface area (Å²) >= 11 is 0. The number of carbonyl (C=O) groups is 1. The van der Waals surface area contributed by atoms with Gasteiger partial charge in [0, 0.05) is 36.0 Å². The normalized spacial score (nSPS) is 20.0. The van der Waals surface area contributed by atoms with Crippen LogP contribution >= 0.6 is 0 Å². The van der Waals surface area contributed by atoms with Crippen molar-refractivity contribution in [2.75, 3.05) is 18.4 Å². The molecule has 2 aliphatic rings. The molecule has 136 valence electrons. The molecular weight excluding hydrogens is 338 g/mol. The molecule has 0 radical (unpaired) electrons. The van der Waals surface area contributed by atoms with Gasteiger partial charge in [-0.05, 0) is 31.9 Å². The third-order valence-corrected chi connectivity index (χ3v) is 5.36. The number of allylic oxidation sites excluding steroid dienone is 1. The fourth-order valence-corrected chi connectivity index (χ4v) is 3.94. The summed E-state index contributed by atoms with van der Waals surface area (Å²) in [5, 5.41) is 6.42. The number of anilines is 1. The number of benzene rings is 1. The first kappa shape index (κ1) is 16.1. The summed E-state index contributed by atoms with van der Waals surface area (Å²) in [4.78, 5) is 25.5. The van der Waals surface area contributed by atoms with Gasteiger partial charge in [0.25, 0.3) is 5.91 Å². The molecular formula is C21H21N5O. The lowest BCUT2D eigenvalue weighted by molar-refractivity contribution is 0.0940. The lowest BCUT2D eigenvalue weighted by Gasteiger charge is -2.21. The van der Waals surface area contributed by atoms with Crippen molar-refractivity contribution < 1.29 is 4.79 Å². The maximum absolute atomic E-state index is 12.4. The van der Waals surface area contributed by atoms with Gasteiger partial charge in [-0.15, -0.1) is 0 Å². The number of carbonyl (C=O) groups excluding carboxylic acids is 1. The first-order chi connectivity index (χ1) is 13.2. The number of fused-ring (bicyclic) bond motifs is 3. The average molecular weight is 359 g/mol. The van der Waals surface area contributed by atoms with Crippen LogP contribution in [0.15, 0.2) is 36.4 Å². The van der Waals surface area contributed by atoms with Crippen LogP contribution in [0, 0.1) is 6.92 Å². The Morgan fingerprint density at radius 2 is 2.04 bits per heavy atom. The van der Waals surface area contributed by atoms with Crippen molar-refractivity contribution >= 4 is 22.8 Å². The number of rotatable bonds is 0. The van der Waals surface area contributed by atoms with Crippen LogP contribution in [0.1, 0.15) is 40.5 Å². The highest BCUT2D eigenvalue weighted by Gasteiger charge is 2.28. The van der Waals surface area contributed by atoms with Crippen LogP contribution in [0.2, 0.25) is 0 Å². The van der Waals surface area contributed by atoms with Crippen molar-refractivity contribution in [3.05, 3.63) is 53.4 Å². The SMILES string of the molecule is Cc1nc2cccc3c2nc1NCC/C=C/C[C@H]1CNC(=O)c2cc-3[nH]c21. The summed E-state index contributed by atoms with van der Waals surface area (Å²) in [5.41, 5.74) is 6.23. The van der Waals surface area contributed by atoms with E-state index in [4.69, 9.17) is 9.97 Å². The maximum atomic E-state index is 12.4. The molecule has 0 fully saturated rings. The molecule has 0 aliphatic carbocycles. The topological polar surface area (TPSA) is 82.7 Å². The van der Waals surface area contributed by atoms with E-state index in [2.05, 4.69) is 27.8 Å². The Balaban J connectivity index is 1.76. The smallest absolute Gasteiger partial charge is 0.253 e. The molecule has 5 rings (SSSR count). The van der Waals surface area contributed by atoms with E-state index in [9.17, 15) is 4.79 Å². The van der Waals surface area contributed by atoms with E-state index in [0.717, 1.165) is 64.4 Å². The number of aromatic amines is 1. The van der Waals surface area contributed by atoms with E-state index in [1.165, 1.54) is 0 Å². The van der Waals surface area contributed by atoms with Crippen molar-refractivity contribution in [2.24, 2.45) is 0 Å². The van der Waals surface area contributed by atoms with Crippen LogP contribution in [-0.4, -0.2) is 33.9 Å². The second-order valence-electron chi connectivity index (χ2n) is 7.17. The summed E-state index contributed by atoms with van der Waals surface area (Å²) in [6.07, 6.45) is 6.22. The molecule has 0 saturated carbocycles. The van der Waals surface area contributed by atoms with Crippen LogP contribution in [0.5, 0.6) is 0 Å². The minimum atomic E-state index is -0.0124. The highest BCUT2D eigenvalue weighted by atomic mass is 16.1. The highest BCUT2D eigenvalue weighted by Crippen LogP contribution is 2.34. The van der Waals surface area contributed by atoms with Gasteiger partial charge < -0.3 is 15.6 Å². The second kappa shape index (κ2) is 6.23. The van der Waals surface area contributed by atoms with Gasteiger partial charge in [-0.3, -0.25) is 4.79 Å². The van der Waals surface area contributed by atoms with Crippen LogP contribution in [-0.2, 0) is 0 Å². The van der Waals surface area contributed by atoms with Gasteiger partial charge in [0.05, 0.1) is 16.8 Å². The monoisotopic (exact) mass is 359 g/mol. The lowest BCUT2D eigenvalue weighted by atomic mass is 9.94. The number of hydrogen-bond acceptors (Lipinski definition) is 4. The molecule has 6 nitrogen and oxygen atoms in total.